The molecule has 0 aliphatic rings. The molecule has 37 heavy (non-hydrogen) atoms. The van der Waals surface area contributed by atoms with Crippen molar-refractivity contribution >= 4 is 40.6 Å². The minimum Gasteiger partial charge on any atom is -0.395 e. The van der Waals surface area contributed by atoms with Gasteiger partial charge in [-0.05, 0) is 68.2 Å². The number of hydrogen-bond acceptors (Lipinski definition) is 6. The van der Waals surface area contributed by atoms with Gasteiger partial charge in [0.1, 0.15) is 16.7 Å². The summed E-state index contributed by atoms with van der Waals surface area (Å²) in [7, 11) is 0. The summed E-state index contributed by atoms with van der Waals surface area (Å²) in [6, 6.07) is 6.80. The van der Waals surface area contributed by atoms with Gasteiger partial charge in [-0.25, -0.2) is 4.39 Å². The van der Waals surface area contributed by atoms with Gasteiger partial charge in [0, 0.05) is 11.2 Å². The number of carbonyl (C=O) groups excluding carboxylic acids is 3. The second-order valence-electron chi connectivity index (χ2n) is 9.05. The molecule has 1 heterocycles. The number of nitrogens with one attached hydrogen (secondary N) is 1. The van der Waals surface area contributed by atoms with E-state index >= 15 is 0 Å². The minimum atomic E-state index is -4.76. The quantitative estimate of drug-likeness (QED) is 0.404. The number of nitrogens with zero attached hydrogens (tertiary/aromatic N) is 2. The summed E-state index contributed by atoms with van der Waals surface area (Å²) in [4.78, 5) is 39.5. The van der Waals surface area contributed by atoms with E-state index in [4.69, 9.17) is 11.5 Å². The zero-order valence-electron chi connectivity index (χ0n) is 19.9. The highest BCUT2D eigenvalue weighted by atomic mass is 32.1. The molecule has 1 atom stereocenters. The normalized spacial score (nSPS) is 12.6. The van der Waals surface area contributed by atoms with E-state index in [0.717, 1.165) is 29.2 Å². The van der Waals surface area contributed by atoms with Crippen LogP contribution in [0.25, 0.3) is 0 Å². The van der Waals surface area contributed by atoms with Gasteiger partial charge in [-0.3, -0.25) is 19.3 Å². The largest absolute Gasteiger partial charge is 0.416 e. The van der Waals surface area contributed by atoms with Crippen LogP contribution in [0.2, 0.25) is 0 Å². The molecule has 0 fully saturated rings. The first kappa shape index (κ1) is 27.6. The van der Waals surface area contributed by atoms with Crippen molar-refractivity contribution in [1.82, 2.24) is 9.69 Å². The number of rotatable bonds is 6. The Kier molecular flexibility index (Phi) is 7.58. The maximum Gasteiger partial charge on any atom is 0.416 e. The molecular formula is C24H23F4N5O3S. The molecule has 3 amide bonds. The van der Waals surface area contributed by atoms with Crippen molar-refractivity contribution in [3.8, 4) is 0 Å². The average Bonchev–Trinajstić information content (AvgIpc) is 3.17. The molecular weight excluding hydrogens is 514 g/mol. The molecule has 0 bridgehead atoms. The summed E-state index contributed by atoms with van der Waals surface area (Å²) >= 11 is 0.504. The highest BCUT2D eigenvalue weighted by Gasteiger charge is 2.38. The van der Waals surface area contributed by atoms with E-state index in [-0.39, 0.29) is 21.8 Å². The first-order chi connectivity index (χ1) is 17.1. The summed E-state index contributed by atoms with van der Waals surface area (Å²) in [6.45, 7) is 5.01. The lowest BCUT2D eigenvalue weighted by molar-refractivity contribution is -0.137. The summed E-state index contributed by atoms with van der Waals surface area (Å²) < 4.78 is 58.2. The molecule has 0 spiro atoms. The third kappa shape index (κ3) is 6.23. The second kappa shape index (κ2) is 10.2. The molecule has 5 N–H and O–H groups in total. The Bertz CT molecular complexity index is 1330. The fraction of sp³-hybridized carbons (Fsp3) is 0.250. The van der Waals surface area contributed by atoms with Crippen molar-refractivity contribution < 1.29 is 31.9 Å². The van der Waals surface area contributed by atoms with Gasteiger partial charge in [0.15, 0.2) is 5.69 Å². The van der Waals surface area contributed by atoms with Crippen LogP contribution in [-0.4, -0.2) is 27.6 Å². The molecule has 0 saturated carbocycles. The number of anilines is 2. The fourth-order valence-corrected chi connectivity index (χ4v) is 4.20. The SMILES string of the molecule is CC(C)(C)NC(=O)C(c1ccc(F)cc1)N(C(=O)c1snc(C(N)=O)c1N)c1cccc(C(F)(F)F)c1. The first-order valence-electron chi connectivity index (χ1n) is 10.7. The molecule has 196 valence electrons. The van der Waals surface area contributed by atoms with Crippen LogP contribution >= 0.6 is 11.5 Å². The van der Waals surface area contributed by atoms with Gasteiger partial charge in [0.25, 0.3) is 11.8 Å². The van der Waals surface area contributed by atoms with Crippen LogP contribution in [-0.2, 0) is 11.0 Å². The van der Waals surface area contributed by atoms with Crippen LogP contribution in [0.5, 0.6) is 0 Å². The second-order valence-corrected chi connectivity index (χ2v) is 9.83. The van der Waals surface area contributed by atoms with Crippen LogP contribution in [0.3, 0.4) is 0 Å². The Hall–Kier alpha value is -4.00. The summed E-state index contributed by atoms with van der Waals surface area (Å²) in [5.74, 6) is -3.42. The standard InChI is InChI=1S/C24H23F4N5O3S/c1-23(2,3)31-21(35)18(12-7-9-14(25)10-8-12)33(15-6-4-5-13(11-15)24(26,27)28)22(36)19-16(29)17(20(30)34)32-37-19/h4-11,18H,29H2,1-3H3,(H2,30,34)(H,31,35). The van der Waals surface area contributed by atoms with Crippen molar-refractivity contribution in [2.45, 2.75) is 38.5 Å². The van der Waals surface area contributed by atoms with Crippen molar-refractivity contribution in [1.29, 1.82) is 0 Å². The molecule has 0 aliphatic heterocycles. The lowest BCUT2D eigenvalue weighted by atomic mass is 10.00. The highest BCUT2D eigenvalue weighted by molar-refractivity contribution is 7.09. The van der Waals surface area contributed by atoms with Gasteiger partial charge >= 0.3 is 6.18 Å². The van der Waals surface area contributed by atoms with Gasteiger partial charge < -0.3 is 16.8 Å². The van der Waals surface area contributed by atoms with Crippen molar-refractivity contribution in [2.24, 2.45) is 5.73 Å². The van der Waals surface area contributed by atoms with E-state index in [2.05, 4.69) is 9.69 Å². The van der Waals surface area contributed by atoms with Crippen molar-refractivity contribution in [3.05, 3.63) is 76.0 Å². The fourth-order valence-electron chi connectivity index (χ4n) is 3.45. The lowest BCUT2D eigenvalue weighted by Gasteiger charge is -2.34. The number of carbonyl (C=O) groups is 3. The van der Waals surface area contributed by atoms with Crippen molar-refractivity contribution in [2.75, 3.05) is 10.6 Å². The average molecular weight is 538 g/mol. The maximum atomic E-state index is 13.8. The van der Waals surface area contributed by atoms with E-state index in [9.17, 15) is 31.9 Å². The maximum absolute atomic E-state index is 13.8. The number of benzene rings is 2. The van der Waals surface area contributed by atoms with Gasteiger partial charge in [-0.1, -0.05) is 18.2 Å². The number of primary amides is 1. The molecule has 3 aromatic rings. The number of nitrogens with two attached hydrogens (primary N) is 2. The zero-order chi connectivity index (χ0) is 27.7. The van der Waals surface area contributed by atoms with E-state index in [1.54, 1.807) is 20.8 Å². The predicted octanol–water partition coefficient (Wildman–Crippen LogP) is 4.28. The molecule has 8 nitrogen and oxygen atoms in total. The summed E-state index contributed by atoms with van der Waals surface area (Å²) in [5, 5.41) is 2.71. The molecule has 0 aliphatic carbocycles. The van der Waals surface area contributed by atoms with Crippen LogP contribution < -0.4 is 21.7 Å². The van der Waals surface area contributed by atoms with Gasteiger partial charge in [0.05, 0.1) is 11.3 Å². The van der Waals surface area contributed by atoms with E-state index in [0.29, 0.717) is 17.6 Å². The Labute approximate surface area is 213 Å². The molecule has 0 saturated heterocycles. The van der Waals surface area contributed by atoms with Gasteiger partial charge in [0.2, 0.25) is 5.91 Å². The number of halogens is 4. The third-order valence-electron chi connectivity index (χ3n) is 5.02. The molecule has 0 radical (unpaired) electrons. The topological polar surface area (TPSA) is 131 Å². The van der Waals surface area contributed by atoms with Crippen molar-refractivity contribution in [3.63, 3.8) is 0 Å². The lowest BCUT2D eigenvalue weighted by Crippen LogP contribution is -2.49. The van der Waals surface area contributed by atoms with E-state index in [1.165, 1.54) is 18.2 Å². The Morgan fingerprint density at radius 2 is 1.68 bits per heavy atom. The zero-order valence-corrected chi connectivity index (χ0v) is 20.7. The van der Waals surface area contributed by atoms with E-state index in [1.807, 2.05) is 0 Å². The molecule has 13 heteroatoms. The van der Waals surface area contributed by atoms with Gasteiger partial charge in [-0.15, -0.1) is 0 Å². The molecule has 2 aromatic carbocycles. The third-order valence-corrected chi connectivity index (χ3v) is 5.87. The number of nitrogen functional groups attached to an aromatic ring is 1. The smallest absolute Gasteiger partial charge is 0.395 e. The number of hydrogen-bond donors (Lipinski definition) is 3. The first-order valence-corrected chi connectivity index (χ1v) is 11.5. The number of alkyl halides is 3. The molecule has 1 aromatic heterocycles. The van der Waals surface area contributed by atoms with E-state index < -0.39 is 52.6 Å². The Morgan fingerprint density at radius 3 is 2.19 bits per heavy atom. The van der Waals surface area contributed by atoms with Crippen LogP contribution in [0, 0.1) is 5.82 Å². The molecule has 3 rings (SSSR count). The minimum absolute atomic E-state index is 0.104. The predicted molar refractivity (Wildman–Crippen MR) is 130 cm³/mol. The van der Waals surface area contributed by atoms with Crippen LogP contribution in [0.15, 0.2) is 48.5 Å². The van der Waals surface area contributed by atoms with Crippen LogP contribution in [0.1, 0.15) is 58.1 Å². The molecule has 1 unspecified atom stereocenters. The Balaban J connectivity index is 2.29. The monoisotopic (exact) mass is 537 g/mol. The summed E-state index contributed by atoms with van der Waals surface area (Å²) in [5.41, 5.74) is 8.32. The van der Waals surface area contributed by atoms with Crippen LogP contribution in [0.4, 0.5) is 28.9 Å². The number of amides is 3. The summed E-state index contributed by atoms with van der Waals surface area (Å²) in [6.07, 6.45) is -4.76. The van der Waals surface area contributed by atoms with Gasteiger partial charge in [-0.2, -0.15) is 17.5 Å². The highest BCUT2D eigenvalue weighted by Crippen LogP contribution is 2.37. The number of aromatic nitrogens is 1. The Morgan fingerprint density at radius 1 is 1.05 bits per heavy atom.